The third kappa shape index (κ3) is 39.0. The van der Waals surface area contributed by atoms with Crippen LogP contribution in [-0.4, -0.2) is 64.7 Å². The van der Waals surface area contributed by atoms with E-state index in [0.29, 0.717) is 13.2 Å². The van der Waals surface area contributed by atoms with Gasteiger partial charge in [0.1, 0.15) is 6.10 Å². The summed E-state index contributed by atoms with van der Waals surface area (Å²) in [4.78, 5) is 2.15. The molecule has 4 nitrogen and oxygen atoms in total. The number of rotatable bonds is 37. The standard InChI is InChI=1S/C42H79NO3/c1-5-7-9-11-13-15-17-19-21-23-24-26-28-30-32-34-37-44-40-42(41-45-39-36-43(3)4)46-38-35-33-31-29-27-25-22-20-18-16-14-12-10-8-6-2/h12-15,18-21,42H,5-11,16-17,22-41H2,1-4H3/b14-12-,15-13-,20-18-,21-19-. The van der Waals surface area contributed by atoms with Gasteiger partial charge in [0.2, 0.25) is 0 Å². The van der Waals surface area contributed by atoms with E-state index in [1.807, 2.05) is 0 Å². The molecule has 0 rings (SSSR count). The van der Waals surface area contributed by atoms with Gasteiger partial charge in [-0.3, -0.25) is 0 Å². The van der Waals surface area contributed by atoms with Crippen molar-refractivity contribution in [2.45, 2.75) is 168 Å². The van der Waals surface area contributed by atoms with Crippen LogP contribution in [0.4, 0.5) is 0 Å². The maximum atomic E-state index is 6.21. The van der Waals surface area contributed by atoms with Crippen LogP contribution in [0, 0.1) is 0 Å². The van der Waals surface area contributed by atoms with Crippen molar-refractivity contribution in [1.82, 2.24) is 4.90 Å². The molecule has 0 fully saturated rings. The lowest BCUT2D eigenvalue weighted by atomic mass is 10.1. The fourth-order valence-electron chi connectivity index (χ4n) is 5.16. The summed E-state index contributed by atoms with van der Waals surface area (Å²) in [6.07, 6.45) is 47.8. The number of hydrogen-bond donors (Lipinski definition) is 0. The Balaban J connectivity index is 3.79. The fraction of sp³-hybridized carbons (Fsp3) is 0.810. The van der Waals surface area contributed by atoms with Crippen LogP contribution in [0.1, 0.15) is 162 Å². The van der Waals surface area contributed by atoms with Crippen molar-refractivity contribution in [1.29, 1.82) is 0 Å². The van der Waals surface area contributed by atoms with Crippen LogP contribution >= 0.6 is 0 Å². The highest BCUT2D eigenvalue weighted by Crippen LogP contribution is 2.11. The molecular formula is C42H79NO3. The zero-order chi connectivity index (χ0) is 33.4. The first-order valence-electron chi connectivity index (χ1n) is 19.7. The highest BCUT2D eigenvalue weighted by molar-refractivity contribution is 4.93. The second-order valence-corrected chi connectivity index (χ2v) is 13.3. The van der Waals surface area contributed by atoms with Crippen molar-refractivity contribution in [3.05, 3.63) is 48.6 Å². The number of ether oxygens (including phenoxy) is 3. The molecule has 0 N–H and O–H groups in total. The zero-order valence-electron chi connectivity index (χ0n) is 31.4. The molecule has 0 aliphatic rings. The molecule has 0 heterocycles. The van der Waals surface area contributed by atoms with E-state index in [0.717, 1.165) is 52.0 Å². The first kappa shape index (κ1) is 44.8. The molecule has 0 amide bonds. The maximum Gasteiger partial charge on any atom is 0.104 e. The predicted molar refractivity (Wildman–Crippen MR) is 204 cm³/mol. The monoisotopic (exact) mass is 646 g/mol. The average Bonchev–Trinajstić information content (AvgIpc) is 3.05. The minimum Gasteiger partial charge on any atom is -0.379 e. The van der Waals surface area contributed by atoms with Gasteiger partial charge in [-0.1, -0.05) is 140 Å². The molecule has 0 aromatic carbocycles. The second kappa shape index (κ2) is 40.0. The topological polar surface area (TPSA) is 30.9 Å². The molecule has 270 valence electrons. The number of nitrogens with zero attached hydrogens (tertiary/aromatic N) is 1. The molecule has 0 saturated carbocycles. The molecule has 0 spiro atoms. The van der Waals surface area contributed by atoms with Crippen LogP contribution in [0.5, 0.6) is 0 Å². The number of unbranched alkanes of at least 4 members (excludes halogenated alkanes) is 17. The third-order valence-corrected chi connectivity index (χ3v) is 8.23. The van der Waals surface area contributed by atoms with E-state index in [-0.39, 0.29) is 6.10 Å². The van der Waals surface area contributed by atoms with Gasteiger partial charge in [-0.25, -0.2) is 0 Å². The minimum absolute atomic E-state index is 0.0417. The third-order valence-electron chi connectivity index (χ3n) is 8.23. The first-order chi connectivity index (χ1) is 22.7. The smallest absolute Gasteiger partial charge is 0.104 e. The predicted octanol–water partition coefficient (Wildman–Crippen LogP) is 12.2. The zero-order valence-corrected chi connectivity index (χ0v) is 31.4. The quantitative estimate of drug-likeness (QED) is 0.0497. The molecule has 0 radical (unpaired) electrons. The van der Waals surface area contributed by atoms with E-state index in [9.17, 15) is 0 Å². The Hall–Kier alpha value is -1.20. The van der Waals surface area contributed by atoms with Crippen molar-refractivity contribution in [2.75, 3.05) is 53.7 Å². The van der Waals surface area contributed by atoms with Gasteiger partial charge in [0.15, 0.2) is 0 Å². The lowest BCUT2D eigenvalue weighted by Gasteiger charge is -2.19. The van der Waals surface area contributed by atoms with E-state index >= 15 is 0 Å². The van der Waals surface area contributed by atoms with Crippen LogP contribution in [0.15, 0.2) is 48.6 Å². The molecule has 1 atom stereocenters. The number of allylic oxidation sites excluding steroid dienone is 8. The van der Waals surface area contributed by atoms with Crippen molar-refractivity contribution in [3.8, 4) is 0 Å². The Bertz CT molecular complexity index is 684. The second-order valence-electron chi connectivity index (χ2n) is 13.3. The summed E-state index contributed by atoms with van der Waals surface area (Å²) in [7, 11) is 4.16. The van der Waals surface area contributed by atoms with Crippen LogP contribution in [-0.2, 0) is 14.2 Å². The highest BCUT2D eigenvalue weighted by Gasteiger charge is 2.10. The molecule has 0 aliphatic carbocycles. The molecule has 4 heteroatoms. The summed E-state index contributed by atoms with van der Waals surface area (Å²) >= 11 is 0. The van der Waals surface area contributed by atoms with Gasteiger partial charge in [0, 0.05) is 19.8 Å². The lowest BCUT2D eigenvalue weighted by Crippen LogP contribution is -2.28. The number of hydrogen-bond acceptors (Lipinski definition) is 4. The van der Waals surface area contributed by atoms with Crippen molar-refractivity contribution in [3.63, 3.8) is 0 Å². The lowest BCUT2D eigenvalue weighted by molar-refractivity contribution is -0.0623. The Kier molecular flexibility index (Phi) is 38.9. The summed E-state index contributed by atoms with van der Waals surface area (Å²) in [5, 5.41) is 0. The van der Waals surface area contributed by atoms with Crippen LogP contribution < -0.4 is 0 Å². The Morgan fingerprint density at radius 2 is 0.848 bits per heavy atom. The summed E-state index contributed by atoms with van der Waals surface area (Å²) in [5.74, 6) is 0. The average molecular weight is 646 g/mol. The summed E-state index contributed by atoms with van der Waals surface area (Å²) < 4.78 is 18.2. The molecule has 0 bridgehead atoms. The van der Waals surface area contributed by atoms with Crippen LogP contribution in [0.3, 0.4) is 0 Å². The molecule has 0 aromatic rings. The Morgan fingerprint density at radius 1 is 0.435 bits per heavy atom. The number of likely N-dealkylation sites (N-methyl/N-ethyl adjacent to an activating group) is 1. The van der Waals surface area contributed by atoms with Crippen molar-refractivity contribution in [2.24, 2.45) is 0 Å². The van der Waals surface area contributed by atoms with E-state index in [1.54, 1.807) is 0 Å². The summed E-state index contributed by atoms with van der Waals surface area (Å²) in [5.41, 5.74) is 0. The highest BCUT2D eigenvalue weighted by atomic mass is 16.6. The van der Waals surface area contributed by atoms with Gasteiger partial charge >= 0.3 is 0 Å². The van der Waals surface area contributed by atoms with E-state index < -0.39 is 0 Å². The van der Waals surface area contributed by atoms with E-state index in [4.69, 9.17) is 14.2 Å². The van der Waals surface area contributed by atoms with Crippen LogP contribution in [0.25, 0.3) is 0 Å². The Labute approximate surface area is 288 Å². The minimum atomic E-state index is 0.0417. The van der Waals surface area contributed by atoms with E-state index in [2.05, 4.69) is 81.5 Å². The van der Waals surface area contributed by atoms with Gasteiger partial charge in [0.25, 0.3) is 0 Å². The Morgan fingerprint density at radius 3 is 1.35 bits per heavy atom. The van der Waals surface area contributed by atoms with Gasteiger partial charge in [-0.05, 0) is 84.7 Å². The normalized spacial score (nSPS) is 13.2. The SMILES string of the molecule is CCCC/C=C\C/C=C\CCCCCCCCOC(COCCCCCCCC/C=C\C/C=C\CCCCC)COCCN(C)C. The van der Waals surface area contributed by atoms with E-state index in [1.165, 1.54) is 122 Å². The fourth-order valence-corrected chi connectivity index (χ4v) is 5.16. The molecule has 46 heavy (non-hydrogen) atoms. The van der Waals surface area contributed by atoms with Crippen molar-refractivity contribution < 1.29 is 14.2 Å². The van der Waals surface area contributed by atoms with Gasteiger partial charge < -0.3 is 19.1 Å². The molecule has 0 aliphatic heterocycles. The van der Waals surface area contributed by atoms with Crippen LogP contribution in [0.2, 0.25) is 0 Å². The maximum absolute atomic E-state index is 6.21. The largest absolute Gasteiger partial charge is 0.379 e. The molecular weight excluding hydrogens is 566 g/mol. The first-order valence-corrected chi connectivity index (χ1v) is 19.7. The van der Waals surface area contributed by atoms with Gasteiger partial charge in [-0.2, -0.15) is 0 Å². The van der Waals surface area contributed by atoms with Crippen molar-refractivity contribution >= 4 is 0 Å². The van der Waals surface area contributed by atoms with Gasteiger partial charge in [0.05, 0.1) is 19.8 Å². The summed E-state index contributed by atoms with van der Waals surface area (Å²) in [6.45, 7) is 9.10. The molecule has 0 saturated heterocycles. The molecule has 1 unspecified atom stereocenters. The van der Waals surface area contributed by atoms with Gasteiger partial charge in [-0.15, -0.1) is 0 Å². The molecule has 0 aromatic heterocycles. The summed E-state index contributed by atoms with van der Waals surface area (Å²) in [6, 6.07) is 0.